The van der Waals surface area contributed by atoms with E-state index in [9.17, 15) is 4.79 Å². The Morgan fingerprint density at radius 2 is 1.50 bits per heavy atom. The van der Waals surface area contributed by atoms with Crippen molar-refractivity contribution in [3.63, 3.8) is 0 Å². The van der Waals surface area contributed by atoms with Crippen LogP contribution in [0.3, 0.4) is 0 Å². The standard InChI is InChI=1S/C28H42N2O2/c1-4-6-7-8-9-10-11-12-15-24-17-19-25(20-18-24)28-29-21-26(22-30-28)32-27(31)16-13-14-23(3)5-2/h17-23H,4-16H2,1-3H3. The van der Waals surface area contributed by atoms with Crippen molar-refractivity contribution in [3.05, 3.63) is 42.2 Å². The Morgan fingerprint density at radius 1 is 0.875 bits per heavy atom. The molecule has 0 fully saturated rings. The van der Waals surface area contributed by atoms with Crippen molar-refractivity contribution in [2.24, 2.45) is 5.92 Å². The predicted molar refractivity (Wildman–Crippen MR) is 133 cm³/mol. The Balaban J connectivity index is 1.70. The van der Waals surface area contributed by atoms with E-state index in [0.717, 1.165) is 31.2 Å². The molecule has 0 saturated carbocycles. The zero-order chi connectivity index (χ0) is 23.0. The van der Waals surface area contributed by atoms with Gasteiger partial charge in [-0.1, -0.05) is 103 Å². The maximum absolute atomic E-state index is 12.0. The Kier molecular flexibility index (Phi) is 12.6. The van der Waals surface area contributed by atoms with Gasteiger partial charge in [-0.05, 0) is 30.7 Å². The van der Waals surface area contributed by atoms with Crippen molar-refractivity contribution in [1.82, 2.24) is 9.97 Å². The second kappa shape index (κ2) is 15.6. The average molecular weight is 439 g/mol. The first-order valence-corrected chi connectivity index (χ1v) is 12.7. The van der Waals surface area contributed by atoms with E-state index in [-0.39, 0.29) is 5.97 Å². The largest absolute Gasteiger partial charge is 0.423 e. The molecule has 0 spiro atoms. The molecule has 1 unspecified atom stereocenters. The number of ether oxygens (including phenoxy) is 1. The van der Waals surface area contributed by atoms with Gasteiger partial charge in [0.05, 0.1) is 12.4 Å². The van der Waals surface area contributed by atoms with Crippen LogP contribution in [0.25, 0.3) is 11.4 Å². The highest BCUT2D eigenvalue weighted by Crippen LogP contribution is 2.19. The highest BCUT2D eigenvalue weighted by molar-refractivity contribution is 5.72. The highest BCUT2D eigenvalue weighted by Gasteiger charge is 2.08. The maximum atomic E-state index is 12.0. The number of carbonyl (C=O) groups excluding carboxylic acids is 1. The molecular weight excluding hydrogens is 396 g/mol. The number of hydrogen-bond acceptors (Lipinski definition) is 4. The summed E-state index contributed by atoms with van der Waals surface area (Å²) in [6.45, 7) is 6.65. The summed E-state index contributed by atoms with van der Waals surface area (Å²) in [4.78, 5) is 20.7. The Morgan fingerprint density at radius 3 is 2.12 bits per heavy atom. The summed E-state index contributed by atoms with van der Waals surface area (Å²) in [6.07, 6.45) is 18.6. The lowest BCUT2D eigenvalue weighted by Crippen LogP contribution is -2.09. The summed E-state index contributed by atoms with van der Waals surface area (Å²) < 4.78 is 5.37. The molecule has 0 saturated heterocycles. The fraction of sp³-hybridized carbons (Fsp3) is 0.607. The number of hydrogen-bond donors (Lipinski definition) is 0. The monoisotopic (exact) mass is 438 g/mol. The van der Waals surface area contributed by atoms with E-state index in [4.69, 9.17) is 4.74 Å². The summed E-state index contributed by atoms with van der Waals surface area (Å²) in [7, 11) is 0. The number of esters is 1. The summed E-state index contributed by atoms with van der Waals surface area (Å²) >= 11 is 0. The molecule has 0 bridgehead atoms. The minimum absolute atomic E-state index is 0.213. The molecule has 2 aromatic rings. The molecule has 176 valence electrons. The third kappa shape index (κ3) is 10.4. The number of aryl methyl sites for hydroxylation is 1. The summed E-state index contributed by atoms with van der Waals surface area (Å²) in [5.41, 5.74) is 2.35. The van der Waals surface area contributed by atoms with Crippen LogP contribution in [0.15, 0.2) is 36.7 Å². The van der Waals surface area contributed by atoms with Crippen LogP contribution in [0.1, 0.15) is 103 Å². The van der Waals surface area contributed by atoms with Crippen LogP contribution in [0, 0.1) is 5.92 Å². The Labute approximate surface area is 195 Å². The number of rotatable bonds is 16. The first-order valence-electron chi connectivity index (χ1n) is 12.7. The molecule has 4 heteroatoms. The quantitative estimate of drug-likeness (QED) is 0.197. The van der Waals surface area contributed by atoms with Crippen LogP contribution in [-0.4, -0.2) is 15.9 Å². The van der Waals surface area contributed by atoms with Crippen LogP contribution in [0.5, 0.6) is 5.75 Å². The van der Waals surface area contributed by atoms with Crippen molar-refractivity contribution in [1.29, 1.82) is 0 Å². The van der Waals surface area contributed by atoms with Crippen molar-refractivity contribution < 1.29 is 9.53 Å². The third-order valence-corrected chi connectivity index (χ3v) is 6.17. The van der Waals surface area contributed by atoms with E-state index in [1.807, 2.05) is 0 Å². The second-order valence-electron chi connectivity index (χ2n) is 9.04. The van der Waals surface area contributed by atoms with Gasteiger partial charge in [0.25, 0.3) is 0 Å². The number of unbranched alkanes of at least 4 members (excludes halogenated alkanes) is 7. The van der Waals surface area contributed by atoms with Gasteiger partial charge < -0.3 is 4.74 Å². The molecule has 1 aromatic carbocycles. The molecule has 0 amide bonds. The second-order valence-corrected chi connectivity index (χ2v) is 9.04. The minimum Gasteiger partial charge on any atom is -0.423 e. The molecule has 0 aliphatic carbocycles. The van der Waals surface area contributed by atoms with E-state index in [0.29, 0.717) is 23.9 Å². The first kappa shape index (κ1) is 26.0. The number of benzene rings is 1. The molecule has 0 radical (unpaired) electrons. The first-order chi connectivity index (χ1) is 15.6. The Bertz CT molecular complexity index is 756. The third-order valence-electron chi connectivity index (χ3n) is 6.17. The van der Waals surface area contributed by atoms with Crippen LogP contribution < -0.4 is 4.74 Å². The average Bonchev–Trinajstić information content (AvgIpc) is 2.81. The molecule has 1 aromatic heterocycles. The van der Waals surface area contributed by atoms with E-state index in [1.54, 1.807) is 12.4 Å². The van der Waals surface area contributed by atoms with Crippen LogP contribution >= 0.6 is 0 Å². The van der Waals surface area contributed by atoms with Crippen LogP contribution in [-0.2, 0) is 11.2 Å². The fourth-order valence-electron chi connectivity index (χ4n) is 3.78. The molecule has 0 aliphatic heterocycles. The van der Waals surface area contributed by atoms with Gasteiger partial charge in [0.2, 0.25) is 0 Å². The van der Waals surface area contributed by atoms with E-state index in [1.165, 1.54) is 56.9 Å². The number of carbonyl (C=O) groups is 1. The highest BCUT2D eigenvalue weighted by atomic mass is 16.5. The molecule has 0 aliphatic rings. The molecular formula is C28H42N2O2. The smallest absolute Gasteiger partial charge is 0.311 e. The van der Waals surface area contributed by atoms with Gasteiger partial charge in [-0.2, -0.15) is 0 Å². The normalized spacial score (nSPS) is 12.0. The molecule has 4 nitrogen and oxygen atoms in total. The van der Waals surface area contributed by atoms with Gasteiger partial charge in [-0.25, -0.2) is 9.97 Å². The zero-order valence-corrected chi connectivity index (χ0v) is 20.4. The lowest BCUT2D eigenvalue weighted by Gasteiger charge is -2.08. The Hall–Kier alpha value is -2.23. The van der Waals surface area contributed by atoms with Crippen molar-refractivity contribution in [2.75, 3.05) is 0 Å². The lowest BCUT2D eigenvalue weighted by atomic mass is 10.0. The SMILES string of the molecule is CCCCCCCCCCc1ccc(-c2ncc(OC(=O)CCCC(C)CC)cn2)cc1. The van der Waals surface area contributed by atoms with Crippen molar-refractivity contribution in [2.45, 2.75) is 104 Å². The summed E-state index contributed by atoms with van der Waals surface area (Å²) in [5, 5.41) is 0. The molecule has 1 atom stereocenters. The summed E-state index contributed by atoms with van der Waals surface area (Å²) in [6, 6.07) is 8.50. The van der Waals surface area contributed by atoms with E-state index >= 15 is 0 Å². The van der Waals surface area contributed by atoms with Gasteiger partial charge in [0, 0.05) is 12.0 Å². The predicted octanol–water partition coefficient (Wildman–Crippen LogP) is 7.95. The van der Waals surface area contributed by atoms with E-state index in [2.05, 4.69) is 55.0 Å². The fourth-order valence-corrected chi connectivity index (χ4v) is 3.78. The topological polar surface area (TPSA) is 52.1 Å². The lowest BCUT2D eigenvalue weighted by molar-refractivity contribution is -0.134. The van der Waals surface area contributed by atoms with Gasteiger partial charge >= 0.3 is 5.97 Å². The summed E-state index contributed by atoms with van der Waals surface area (Å²) in [5.74, 6) is 1.50. The van der Waals surface area contributed by atoms with Gasteiger partial charge in [0.1, 0.15) is 0 Å². The van der Waals surface area contributed by atoms with Crippen LogP contribution in [0.4, 0.5) is 0 Å². The van der Waals surface area contributed by atoms with E-state index < -0.39 is 0 Å². The zero-order valence-electron chi connectivity index (χ0n) is 20.4. The number of nitrogens with zero attached hydrogens (tertiary/aromatic N) is 2. The van der Waals surface area contributed by atoms with Gasteiger partial charge in [0.15, 0.2) is 11.6 Å². The van der Waals surface area contributed by atoms with Crippen molar-refractivity contribution >= 4 is 5.97 Å². The molecule has 2 rings (SSSR count). The number of aromatic nitrogens is 2. The maximum Gasteiger partial charge on any atom is 0.311 e. The molecule has 0 N–H and O–H groups in total. The minimum atomic E-state index is -0.213. The van der Waals surface area contributed by atoms with Crippen molar-refractivity contribution in [3.8, 4) is 17.1 Å². The van der Waals surface area contributed by atoms with Gasteiger partial charge in [-0.15, -0.1) is 0 Å². The van der Waals surface area contributed by atoms with Crippen LogP contribution in [0.2, 0.25) is 0 Å². The van der Waals surface area contributed by atoms with Gasteiger partial charge in [-0.3, -0.25) is 4.79 Å². The molecule has 1 heterocycles. The molecule has 32 heavy (non-hydrogen) atoms.